The zero-order valence-electron chi connectivity index (χ0n) is 13.7. The fourth-order valence-electron chi connectivity index (χ4n) is 1.82. The topological polar surface area (TPSA) is 47.9 Å². The highest BCUT2D eigenvalue weighted by molar-refractivity contribution is 7.99. The highest BCUT2D eigenvalue weighted by Crippen LogP contribution is 2.21. The lowest BCUT2D eigenvalue weighted by atomic mass is 10.1. The van der Waals surface area contributed by atoms with Crippen LogP contribution in [0, 0.1) is 0 Å². The third kappa shape index (κ3) is 10.2. The van der Waals surface area contributed by atoms with Crippen molar-refractivity contribution in [1.82, 2.24) is 0 Å². The second kappa shape index (κ2) is 11.0. The average Bonchev–Trinajstić information content (AvgIpc) is 2.33. The molecule has 0 aliphatic carbocycles. The van der Waals surface area contributed by atoms with Gasteiger partial charge < -0.3 is 18.4 Å². The van der Waals surface area contributed by atoms with Crippen molar-refractivity contribution in [2.45, 2.75) is 59.1 Å². The lowest BCUT2D eigenvalue weighted by Crippen LogP contribution is -2.46. The van der Waals surface area contributed by atoms with Gasteiger partial charge in [0.1, 0.15) is 0 Å². The fourth-order valence-corrected chi connectivity index (χ4v) is 5.88. The van der Waals surface area contributed by atoms with Crippen molar-refractivity contribution >= 4 is 20.6 Å². The predicted molar refractivity (Wildman–Crippen MR) is 88.3 cm³/mol. The summed E-state index contributed by atoms with van der Waals surface area (Å²) in [5, 5.41) is 9.65. The van der Waals surface area contributed by atoms with Crippen molar-refractivity contribution in [3.05, 3.63) is 0 Å². The van der Waals surface area contributed by atoms with E-state index in [4.69, 9.17) is 13.3 Å². The Bertz CT molecular complexity index is 217. The van der Waals surface area contributed by atoms with Gasteiger partial charge in [-0.25, -0.2) is 0 Å². The van der Waals surface area contributed by atoms with Crippen molar-refractivity contribution in [3.63, 3.8) is 0 Å². The summed E-state index contributed by atoms with van der Waals surface area (Å²) in [6.45, 7) is 11.6. The van der Waals surface area contributed by atoms with Gasteiger partial charge in [-0.1, -0.05) is 0 Å². The number of thioether (sulfide) groups is 1. The number of rotatable bonds is 13. The van der Waals surface area contributed by atoms with Gasteiger partial charge in [-0.3, -0.25) is 0 Å². The van der Waals surface area contributed by atoms with Crippen molar-refractivity contribution < 1.29 is 18.4 Å². The number of hydrogen-bond acceptors (Lipinski definition) is 5. The first-order chi connectivity index (χ1) is 9.39. The normalized spacial score (nSPS) is 12.9. The quantitative estimate of drug-likeness (QED) is 0.416. The van der Waals surface area contributed by atoms with Crippen molar-refractivity contribution in [3.8, 4) is 0 Å². The summed E-state index contributed by atoms with van der Waals surface area (Å²) in [6, 6.07) is 0.873. The fraction of sp³-hybridized carbons (Fsp3) is 1.00. The van der Waals surface area contributed by atoms with Crippen LogP contribution in [-0.4, -0.2) is 50.8 Å². The summed E-state index contributed by atoms with van der Waals surface area (Å²) >= 11 is 1.87. The van der Waals surface area contributed by atoms with Crippen LogP contribution in [0.5, 0.6) is 0 Å². The van der Waals surface area contributed by atoms with Crippen molar-refractivity contribution in [1.29, 1.82) is 0 Å². The van der Waals surface area contributed by atoms with Gasteiger partial charge in [0.05, 0.1) is 5.60 Å². The smallest absolute Gasteiger partial charge is 0.390 e. The molecule has 0 atom stereocenters. The SMILES string of the molecule is CCO[Si](CCCSCCC(C)(C)O)(OCC)OCC. The first kappa shape index (κ1) is 20.4. The maximum Gasteiger partial charge on any atom is 0.500 e. The molecular weight excluding hydrogens is 292 g/mol. The molecule has 20 heavy (non-hydrogen) atoms. The zero-order chi connectivity index (χ0) is 15.5. The maximum atomic E-state index is 9.65. The zero-order valence-corrected chi connectivity index (χ0v) is 15.6. The summed E-state index contributed by atoms with van der Waals surface area (Å²) in [7, 11) is -2.46. The molecular formula is C14H32O4SSi. The van der Waals surface area contributed by atoms with Crippen LogP contribution in [0.1, 0.15) is 47.5 Å². The minimum Gasteiger partial charge on any atom is -0.390 e. The van der Waals surface area contributed by atoms with E-state index >= 15 is 0 Å². The molecule has 0 aromatic carbocycles. The van der Waals surface area contributed by atoms with E-state index in [9.17, 15) is 5.11 Å². The molecule has 0 aromatic rings. The summed E-state index contributed by atoms with van der Waals surface area (Å²) in [4.78, 5) is 0. The lowest BCUT2D eigenvalue weighted by Gasteiger charge is -2.28. The molecule has 4 nitrogen and oxygen atoms in total. The molecule has 0 heterocycles. The Hall–Kier alpha value is 0.407. The van der Waals surface area contributed by atoms with Crippen molar-refractivity contribution in [2.75, 3.05) is 31.3 Å². The van der Waals surface area contributed by atoms with Gasteiger partial charge in [0, 0.05) is 25.9 Å². The van der Waals surface area contributed by atoms with Crippen LogP contribution in [0.2, 0.25) is 6.04 Å². The van der Waals surface area contributed by atoms with Gasteiger partial charge in [-0.2, -0.15) is 11.8 Å². The largest absolute Gasteiger partial charge is 0.500 e. The molecule has 122 valence electrons. The molecule has 6 heteroatoms. The van der Waals surface area contributed by atoms with Gasteiger partial charge in [0.25, 0.3) is 0 Å². The molecule has 0 bridgehead atoms. The van der Waals surface area contributed by atoms with Crippen LogP contribution in [0.15, 0.2) is 0 Å². The summed E-state index contributed by atoms with van der Waals surface area (Å²) in [5.74, 6) is 2.04. The van der Waals surface area contributed by atoms with Crippen LogP contribution >= 0.6 is 11.8 Å². The van der Waals surface area contributed by atoms with Gasteiger partial charge in [-0.15, -0.1) is 0 Å². The summed E-state index contributed by atoms with van der Waals surface area (Å²) < 4.78 is 17.4. The maximum absolute atomic E-state index is 9.65. The van der Waals surface area contributed by atoms with Crippen LogP contribution in [0.25, 0.3) is 0 Å². The van der Waals surface area contributed by atoms with E-state index in [1.807, 2.05) is 46.4 Å². The van der Waals surface area contributed by atoms with Crippen LogP contribution in [0.3, 0.4) is 0 Å². The molecule has 0 saturated heterocycles. The van der Waals surface area contributed by atoms with E-state index in [2.05, 4.69) is 0 Å². The van der Waals surface area contributed by atoms with E-state index in [0.717, 1.165) is 30.4 Å². The molecule has 1 N–H and O–H groups in total. The molecule has 0 amide bonds. The Kier molecular flexibility index (Phi) is 11.3. The van der Waals surface area contributed by atoms with Gasteiger partial charge in [0.2, 0.25) is 0 Å². The monoisotopic (exact) mass is 324 g/mol. The second-order valence-corrected chi connectivity index (χ2v) is 9.22. The Morgan fingerprint density at radius 3 is 1.85 bits per heavy atom. The number of hydrogen-bond donors (Lipinski definition) is 1. The van der Waals surface area contributed by atoms with E-state index in [1.165, 1.54) is 0 Å². The first-order valence-corrected chi connectivity index (χ1v) is 10.7. The second-order valence-electron chi connectivity index (χ2n) is 5.26. The van der Waals surface area contributed by atoms with E-state index in [-0.39, 0.29) is 0 Å². The Morgan fingerprint density at radius 2 is 1.45 bits per heavy atom. The number of aliphatic hydroxyl groups is 1. The summed E-state index contributed by atoms with van der Waals surface area (Å²) in [5.41, 5.74) is -0.562. The molecule has 0 unspecified atom stereocenters. The third-order valence-corrected chi connectivity index (χ3v) is 6.94. The molecule has 0 spiro atoms. The minimum absolute atomic E-state index is 0.562. The Balaban J connectivity index is 4.00. The standard InChI is InChI=1S/C14H32O4SSi/c1-6-16-20(17-7-2,18-8-3)13-9-11-19-12-10-14(4,5)15/h15H,6-13H2,1-5H3. The minimum atomic E-state index is -2.46. The van der Waals surface area contributed by atoms with E-state index < -0.39 is 14.4 Å². The molecule has 0 rings (SSSR count). The Morgan fingerprint density at radius 1 is 0.950 bits per heavy atom. The van der Waals surface area contributed by atoms with Crippen molar-refractivity contribution in [2.24, 2.45) is 0 Å². The first-order valence-electron chi connectivity index (χ1n) is 7.61. The molecule has 0 aromatic heterocycles. The van der Waals surface area contributed by atoms with Crippen LogP contribution in [0.4, 0.5) is 0 Å². The molecule has 0 radical (unpaired) electrons. The third-order valence-electron chi connectivity index (χ3n) is 2.72. The van der Waals surface area contributed by atoms with E-state index in [1.54, 1.807) is 0 Å². The van der Waals surface area contributed by atoms with E-state index in [0.29, 0.717) is 19.8 Å². The van der Waals surface area contributed by atoms with Crippen LogP contribution in [-0.2, 0) is 13.3 Å². The highest BCUT2D eigenvalue weighted by atomic mass is 32.2. The predicted octanol–water partition coefficient (Wildman–Crippen LogP) is 3.32. The summed E-state index contributed by atoms with van der Waals surface area (Å²) in [6.07, 6.45) is 1.85. The lowest BCUT2D eigenvalue weighted by molar-refractivity contribution is 0.0711. The van der Waals surface area contributed by atoms with Gasteiger partial charge >= 0.3 is 8.80 Å². The van der Waals surface area contributed by atoms with Gasteiger partial charge in [-0.05, 0) is 59.0 Å². The average molecular weight is 325 g/mol. The van der Waals surface area contributed by atoms with Gasteiger partial charge in [0.15, 0.2) is 0 Å². The molecule has 0 fully saturated rings. The molecule has 0 aliphatic rings. The molecule has 0 saturated carbocycles. The molecule has 0 aliphatic heterocycles. The Labute approximate surface area is 129 Å². The highest BCUT2D eigenvalue weighted by Gasteiger charge is 2.39. The van der Waals surface area contributed by atoms with Crippen LogP contribution < -0.4 is 0 Å².